The fourth-order valence-corrected chi connectivity index (χ4v) is 1.60. The van der Waals surface area contributed by atoms with Crippen molar-refractivity contribution in [2.75, 3.05) is 5.75 Å². The van der Waals surface area contributed by atoms with Gasteiger partial charge in [-0.15, -0.1) is 0 Å². The third-order valence-electron chi connectivity index (χ3n) is 1.93. The van der Waals surface area contributed by atoms with Crippen molar-refractivity contribution in [2.45, 2.75) is 12.6 Å². The first-order valence-corrected chi connectivity index (χ1v) is 5.91. The number of hydrogen-bond acceptors (Lipinski definition) is 2. The summed E-state index contributed by atoms with van der Waals surface area (Å²) in [5.74, 6) is -0.502. The van der Waals surface area contributed by atoms with Crippen molar-refractivity contribution in [1.82, 2.24) is 0 Å². The Labute approximate surface area is 90.7 Å². The average Bonchev–Trinajstić information content (AvgIpc) is 2.13. The lowest BCUT2D eigenvalue weighted by atomic mass is 10.1. The molecular weight excluding hydrogens is 245 g/mol. The van der Waals surface area contributed by atoms with Crippen LogP contribution in [-0.2, 0) is 22.7 Å². The van der Waals surface area contributed by atoms with Crippen molar-refractivity contribution in [2.24, 2.45) is 0 Å². The van der Waals surface area contributed by atoms with Gasteiger partial charge >= 0.3 is 6.18 Å². The summed E-state index contributed by atoms with van der Waals surface area (Å²) >= 11 is 0. The van der Waals surface area contributed by atoms with Gasteiger partial charge in [-0.2, -0.15) is 21.6 Å². The highest BCUT2D eigenvalue weighted by molar-refractivity contribution is 7.85. The second kappa shape index (κ2) is 4.42. The van der Waals surface area contributed by atoms with E-state index in [0.29, 0.717) is 5.56 Å². The predicted molar refractivity (Wildman–Crippen MR) is 51.6 cm³/mol. The van der Waals surface area contributed by atoms with Crippen LogP contribution in [0.4, 0.5) is 13.2 Å². The van der Waals surface area contributed by atoms with Crippen LogP contribution in [0.2, 0.25) is 0 Å². The molecule has 0 saturated heterocycles. The van der Waals surface area contributed by atoms with Gasteiger partial charge in [0.05, 0.1) is 11.3 Å². The molecule has 16 heavy (non-hydrogen) atoms. The number of hydrogen-bond donors (Lipinski definition) is 1. The molecule has 3 nitrogen and oxygen atoms in total. The number of rotatable bonds is 3. The Hall–Kier alpha value is -1.08. The summed E-state index contributed by atoms with van der Waals surface area (Å²) in [6.07, 6.45) is -4.42. The van der Waals surface area contributed by atoms with Gasteiger partial charge in [0, 0.05) is 0 Å². The maximum absolute atomic E-state index is 12.2. The highest BCUT2D eigenvalue weighted by Crippen LogP contribution is 2.29. The zero-order chi connectivity index (χ0) is 12.4. The first kappa shape index (κ1) is 13.0. The standard InChI is InChI=1S/C9H9F3O3S/c10-9(11,12)8-3-1-7(2-4-8)5-6-16(13,14)15/h1-4H,5-6H2,(H,13,14,15). The van der Waals surface area contributed by atoms with Gasteiger partial charge in [-0.25, -0.2) is 0 Å². The Balaban J connectivity index is 2.73. The highest BCUT2D eigenvalue weighted by Gasteiger charge is 2.29. The molecular formula is C9H9F3O3S. The van der Waals surface area contributed by atoms with Crippen LogP contribution in [0.3, 0.4) is 0 Å². The van der Waals surface area contributed by atoms with Crippen molar-refractivity contribution >= 4 is 10.1 Å². The topological polar surface area (TPSA) is 54.4 Å². The third-order valence-corrected chi connectivity index (χ3v) is 2.65. The summed E-state index contributed by atoms with van der Waals surface area (Å²) in [7, 11) is -4.08. The van der Waals surface area contributed by atoms with Crippen molar-refractivity contribution in [1.29, 1.82) is 0 Å². The minimum Gasteiger partial charge on any atom is -0.286 e. The maximum atomic E-state index is 12.2. The van der Waals surface area contributed by atoms with E-state index in [1.54, 1.807) is 0 Å². The molecule has 1 aromatic carbocycles. The molecule has 0 aliphatic carbocycles. The van der Waals surface area contributed by atoms with E-state index < -0.39 is 27.6 Å². The van der Waals surface area contributed by atoms with E-state index in [0.717, 1.165) is 12.1 Å². The molecule has 0 radical (unpaired) electrons. The second-order valence-corrected chi connectivity index (χ2v) is 4.80. The van der Waals surface area contributed by atoms with Gasteiger partial charge in [0.25, 0.3) is 10.1 Å². The smallest absolute Gasteiger partial charge is 0.286 e. The average molecular weight is 254 g/mol. The van der Waals surface area contributed by atoms with E-state index in [-0.39, 0.29) is 6.42 Å². The zero-order valence-electron chi connectivity index (χ0n) is 8.03. The van der Waals surface area contributed by atoms with Gasteiger partial charge in [0.2, 0.25) is 0 Å². The molecule has 0 heterocycles. The molecule has 0 aromatic heterocycles. The Morgan fingerprint density at radius 2 is 1.62 bits per heavy atom. The summed E-state index contributed by atoms with van der Waals surface area (Å²) in [4.78, 5) is 0. The van der Waals surface area contributed by atoms with Crippen LogP contribution in [0.5, 0.6) is 0 Å². The van der Waals surface area contributed by atoms with Crippen molar-refractivity contribution in [3.8, 4) is 0 Å². The Morgan fingerprint density at radius 1 is 1.12 bits per heavy atom. The molecule has 0 spiro atoms. The molecule has 1 aromatic rings. The first-order valence-electron chi connectivity index (χ1n) is 4.30. The molecule has 0 amide bonds. The lowest BCUT2D eigenvalue weighted by molar-refractivity contribution is -0.137. The molecule has 90 valence electrons. The van der Waals surface area contributed by atoms with Gasteiger partial charge in [0.1, 0.15) is 0 Å². The monoisotopic (exact) mass is 254 g/mol. The Bertz CT molecular complexity index is 448. The van der Waals surface area contributed by atoms with E-state index in [2.05, 4.69) is 0 Å². The van der Waals surface area contributed by atoms with Crippen LogP contribution in [0, 0.1) is 0 Å². The normalized spacial score (nSPS) is 12.8. The molecule has 7 heteroatoms. The summed E-state index contributed by atoms with van der Waals surface area (Å²) in [6, 6.07) is 4.13. The lowest BCUT2D eigenvalue weighted by Gasteiger charge is -2.07. The third kappa shape index (κ3) is 4.19. The molecule has 1 N–H and O–H groups in total. The van der Waals surface area contributed by atoms with Gasteiger partial charge in [-0.3, -0.25) is 4.55 Å². The molecule has 0 fully saturated rings. The number of halogens is 3. The summed E-state index contributed by atoms with van der Waals surface area (Å²) in [5, 5.41) is 0. The first-order chi connectivity index (χ1) is 7.18. The largest absolute Gasteiger partial charge is 0.416 e. The molecule has 0 bridgehead atoms. The van der Waals surface area contributed by atoms with Crippen LogP contribution in [0.25, 0.3) is 0 Å². The number of benzene rings is 1. The molecule has 0 aliphatic rings. The fraction of sp³-hybridized carbons (Fsp3) is 0.333. The Morgan fingerprint density at radius 3 is 2.00 bits per heavy atom. The number of alkyl halides is 3. The molecule has 0 aliphatic heterocycles. The zero-order valence-corrected chi connectivity index (χ0v) is 8.85. The van der Waals surface area contributed by atoms with Gasteiger partial charge in [-0.05, 0) is 24.1 Å². The molecule has 1 rings (SSSR count). The predicted octanol–water partition coefficient (Wildman–Crippen LogP) is 2.14. The van der Waals surface area contributed by atoms with E-state index >= 15 is 0 Å². The van der Waals surface area contributed by atoms with Crippen LogP contribution >= 0.6 is 0 Å². The quantitative estimate of drug-likeness (QED) is 0.841. The summed E-state index contributed by atoms with van der Waals surface area (Å²) in [6.45, 7) is 0. The van der Waals surface area contributed by atoms with Crippen molar-refractivity contribution < 1.29 is 26.1 Å². The SMILES string of the molecule is O=S(=O)(O)CCc1ccc(C(F)(F)F)cc1. The minimum atomic E-state index is -4.40. The van der Waals surface area contributed by atoms with Crippen molar-refractivity contribution in [3.63, 3.8) is 0 Å². The van der Waals surface area contributed by atoms with E-state index in [4.69, 9.17) is 4.55 Å². The summed E-state index contributed by atoms with van der Waals surface area (Å²) in [5.41, 5.74) is -0.367. The van der Waals surface area contributed by atoms with Crippen LogP contribution < -0.4 is 0 Å². The molecule has 0 atom stereocenters. The van der Waals surface area contributed by atoms with E-state index in [9.17, 15) is 21.6 Å². The van der Waals surface area contributed by atoms with Crippen LogP contribution in [0.1, 0.15) is 11.1 Å². The summed E-state index contributed by atoms with van der Waals surface area (Å²) < 4.78 is 65.7. The van der Waals surface area contributed by atoms with E-state index in [1.807, 2.05) is 0 Å². The minimum absolute atomic E-state index is 0.0169. The van der Waals surface area contributed by atoms with Gasteiger partial charge in [0.15, 0.2) is 0 Å². The van der Waals surface area contributed by atoms with Crippen LogP contribution in [0.15, 0.2) is 24.3 Å². The molecule has 0 unspecified atom stereocenters. The highest BCUT2D eigenvalue weighted by atomic mass is 32.2. The van der Waals surface area contributed by atoms with Gasteiger partial charge < -0.3 is 0 Å². The fourth-order valence-electron chi connectivity index (χ4n) is 1.11. The van der Waals surface area contributed by atoms with Crippen LogP contribution in [-0.4, -0.2) is 18.7 Å². The molecule has 0 saturated carbocycles. The van der Waals surface area contributed by atoms with Gasteiger partial charge in [-0.1, -0.05) is 12.1 Å². The lowest BCUT2D eigenvalue weighted by Crippen LogP contribution is -2.08. The van der Waals surface area contributed by atoms with Crippen molar-refractivity contribution in [3.05, 3.63) is 35.4 Å². The number of aryl methyl sites for hydroxylation is 1. The van der Waals surface area contributed by atoms with E-state index in [1.165, 1.54) is 12.1 Å². The second-order valence-electron chi connectivity index (χ2n) is 3.23. The maximum Gasteiger partial charge on any atom is 0.416 e. The Kier molecular flexibility index (Phi) is 3.59.